The highest BCUT2D eigenvalue weighted by molar-refractivity contribution is 7.13. The summed E-state index contributed by atoms with van der Waals surface area (Å²) in [4.78, 5) is 25.9. The highest BCUT2D eigenvalue weighted by atomic mass is 32.1. The van der Waals surface area contributed by atoms with Crippen LogP contribution in [0.3, 0.4) is 0 Å². The van der Waals surface area contributed by atoms with Crippen LogP contribution in [0.25, 0.3) is 22.6 Å². The van der Waals surface area contributed by atoms with Crippen molar-refractivity contribution in [1.29, 1.82) is 0 Å². The SMILES string of the molecule is NC/C=C\c1cnc(-n2cnc(CN3CCCC(c4nc(O)cc(-c5cccs5)n4)C3)c2)nc1. The topological polar surface area (TPSA) is 119 Å². The number of aromatic hydroxyl groups is 1. The third kappa shape index (κ3) is 5.19. The number of nitrogens with two attached hydrogens (primary N) is 1. The van der Waals surface area contributed by atoms with Gasteiger partial charge in [-0.3, -0.25) is 9.47 Å². The predicted octanol–water partition coefficient (Wildman–Crippen LogP) is 3.24. The van der Waals surface area contributed by atoms with Crippen LogP contribution in [0.15, 0.2) is 54.6 Å². The number of likely N-dealkylation sites (tertiary alicyclic amines) is 1. The molecule has 0 bridgehead atoms. The van der Waals surface area contributed by atoms with Gasteiger partial charge in [0.1, 0.15) is 12.2 Å². The van der Waals surface area contributed by atoms with Gasteiger partial charge in [-0.25, -0.2) is 19.9 Å². The smallest absolute Gasteiger partial charge is 0.234 e. The fourth-order valence-electron chi connectivity index (χ4n) is 4.13. The van der Waals surface area contributed by atoms with Gasteiger partial charge in [-0.15, -0.1) is 11.3 Å². The Kier molecular flexibility index (Phi) is 6.70. The Hall–Kier alpha value is -3.47. The summed E-state index contributed by atoms with van der Waals surface area (Å²) in [6, 6.07) is 5.62. The Bertz CT molecular complexity index is 1250. The highest BCUT2D eigenvalue weighted by Gasteiger charge is 2.25. The third-order valence-corrected chi connectivity index (χ3v) is 6.62. The number of nitrogens with zero attached hydrogens (tertiary/aromatic N) is 7. The minimum absolute atomic E-state index is 0.0220. The lowest BCUT2D eigenvalue weighted by Gasteiger charge is -2.31. The average molecular weight is 475 g/mol. The lowest BCUT2D eigenvalue weighted by Crippen LogP contribution is -2.34. The molecule has 174 valence electrons. The summed E-state index contributed by atoms with van der Waals surface area (Å²) in [6.07, 6.45) is 13.0. The molecule has 1 saturated heterocycles. The summed E-state index contributed by atoms with van der Waals surface area (Å²) in [7, 11) is 0. The largest absolute Gasteiger partial charge is 0.493 e. The van der Waals surface area contributed by atoms with Crippen LogP contribution in [-0.4, -0.2) is 59.1 Å². The van der Waals surface area contributed by atoms with Crippen LogP contribution in [0, 0.1) is 0 Å². The fourth-order valence-corrected chi connectivity index (χ4v) is 4.82. The standard InChI is InChI=1S/C24H26N8OS/c25-7-1-4-17-11-26-24(27-12-17)32-15-19(28-16-32)14-31-8-2-5-18(13-31)23-29-20(10-22(33)30-23)21-6-3-9-34-21/h1,3-4,6,9-12,15-16,18H,2,5,7-8,13-14,25H2,(H,29,30,33)/b4-1-. The highest BCUT2D eigenvalue weighted by Crippen LogP contribution is 2.30. The van der Waals surface area contributed by atoms with E-state index < -0.39 is 0 Å². The van der Waals surface area contributed by atoms with Crippen LogP contribution >= 0.6 is 11.3 Å². The van der Waals surface area contributed by atoms with Gasteiger partial charge < -0.3 is 10.8 Å². The molecular weight excluding hydrogens is 448 g/mol. The van der Waals surface area contributed by atoms with Crippen molar-refractivity contribution < 1.29 is 5.11 Å². The van der Waals surface area contributed by atoms with Gasteiger partial charge in [0.2, 0.25) is 11.8 Å². The van der Waals surface area contributed by atoms with Gasteiger partial charge in [0.25, 0.3) is 0 Å². The van der Waals surface area contributed by atoms with Crippen molar-refractivity contribution in [1.82, 2.24) is 34.4 Å². The van der Waals surface area contributed by atoms with Crippen molar-refractivity contribution in [2.75, 3.05) is 19.6 Å². The van der Waals surface area contributed by atoms with Gasteiger partial charge >= 0.3 is 0 Å². The molecule has 0 aromatic carbocycles. The zero-order valence-electron chi connectivity index (χ0n) is 18.7. The maximum atomic E-state index is 10.2. The van der Waals surface area contributed by atoms with E-state index in [4.69, 9.17) is 10.7 Å². The van der Waals surface area contributed by atoms with Crippen LogP contribution in [0.1, 0.15) is 35.8 Å². The first-order valence-corrected chi connectivity index (χ1v) is 12.1. The van der Waals surface area contributed by atoms with E-state index in [2.05, 4.69) is 24.8 Å². The van der Waals surface area contributed by atoms with Gasteiger partial charge in [-0.2, -0.15) is 4.98 Å². The van der Waals surface area contributed by atoms with Gasteiger partial charge in [0, 0.05) is 55.8 Å². The zero-order valence-corrected chi connectivity index (χ0v) is 19.5. The first-order valence-electron chi connectivity index (χ1n) is 11.2. The molecule has 3 N–H and O–H groups in total. The molecular formula is C24H26N8OS. The quantitative estimate of drug-likeness (QED) is 0.419. The van der Waals surface area contributed by atoms with Crippen molar-refractivity contribution in [3.63, 3.8) is 0 Å². The van der Waals surface area contributed by atoms with E-state index in [1.165, 1.54) is 0 Å². The molecule has 1 aliphatic rings. The number of hydrogen-bond acceptors (Lipinski definition) is 9. The first kappa shape index (κ1) is 22.3. The third-order valence-electron chi connectivity index (χ3n) is 5.73. The van der Waals surface area contributed by atoms with Crippen molar-refractivity contribution >= 4 is 17.4 Å². The summed E-state index contributed by atoms with van der Waals surface area (Å²) in [5.74, 6) is 1.47. The zero-order chi connectivity index (χ0) is 23.3. The predicted molar refractivity (Wildman–Crippen MR) is 132 cm³/mol. The molecule has 5 heterocycles. The molecule has 1 aliphatic heterocycles. The Morgan fingerprint density at radius 3 is 2.88 bits per heavy atom. The molecule has 1 unspecified atom stereocenters. The Balaban J connectivity index is 1.26. The van der Waals surface area contributed by atoms with E-state index in [0.717, 1.165) is 54.3 Å². The average Bonchev–Trinajstić information content (AvgIpc) is 3.56. The molecule has 0 amide bonds. The van der Waals surface area contributed by atoms with Crippen LogP contribution < -0.4 is 5.73 Å². The molecule has 0 radical (unpaired) electrons. The molecule has 9 nitrogen and oxygen atoms in total. The van der Waals surface area contributed by atoms with Gasteiger partial charge in [-0.1, -0.05) is 18.2 Å². The van der Waals surface area contributed by atoms with Crippen molar-refractivity contribution in [2.24, 2.45) is 5.73 Å². The van der Waals surface area contributed by atoms with E-state index in [0.29, 0.717) is 18.3 Å². The molecule has 1 atom stereocenters. The van der Waals surface area contributed by atoms with Gasteiger partial charge in [0.15, 0.2) is 0 Å². The second-order valence-electron chi connectivity index (χ2n) is 8.25. The number of imidazole rings is 1. The Labute approximate surface area is 201 Å². The molecule has 0 saturated carbocycles. The molecule has 0 spiro atoms. The maximum absolute atomic E-state index is 10.2. The van der Waals surface area contributed by atoms with E-state index in [1.54, 1.807) is 36.1 Å². The van der Waals surface area contributed by atoms with E-state index in [9.17, 15) is 5.11 Å². The Morgan fingerprint density at radius 1 is 1.21 bits per heavy atom. The molecule has 34 heavy (non-hydrogen) atoms. The second-order valence-corrected chi connectivity index (χ2v) is 9.20. The summed E-state index contributed by atoms with van der Waals surface area (Å²) < 4.78 is 1.83. The second kappa shape index (κ2) is 10.2. The lowest BCUT2D eigenvalue weighted by atomic mass is 9.97. The molecule has 0 aliphatic carbocycles. The summed E-state index contributed by atoms with van der Waals surface area (Å²) >= 11 is 1.61. The number of aromatic nitrogens is 6. The molecule has 10 heteroatoms. The minimum atomic E-state index is 0.0220. The normalized spacial score (nSPS) is 16.9. The number of hydrogen-bond donors (Lipinski definition) is 2. The summed E-state index contributed by atoms with van der Waals surface area (Å²) in [5.41, 5.74) is 8.12. The molecule has 4 aromatic heterocycles. The van der Waals surface area contributed by atoms with Crippen LogP contribution in [0.2, 0.25) is 0 Å². The first-order chi connectivity index (χ1) is 16.7. The van der Waals surface area contributed by atoms with Crippen molar-refractivity contribution in [2.45, 2.75) is 25.3 Å². The number of thiophene rings is 1. The van der Waals surface area contributed by atoms with Gasteiger partial charge in [-0.05, 0) is 30.8 Å². The molecule has 1 fully saturated rings. The van der Waals surface area contributed by atoms with Gasteiger partial charge in [0.05, 0.1) is 16.3 Å². The number of piperidine rings is 1. The fraction of sp³-hybridized carbons (Fsp3) is 0.292. The van der Waals surface area contributed by atoms with Crippen LogP contribution in [-0.2, 0) is 6.54 Å². The van der Waals surface area contributed by atoms with Crippen LogP contribution in [0.5, 0.6) is 5.88 Å². The monoisotopic (exact) mass is 474 g/mol. The minimum Gasteiger partial charge on any atom is -0.493 e. The maximum Gasteiger partial charge on any atom is 0.234 e. The summed E-state index contributed by atoms with van der Waals surface area (Å²) in [5, 5.41) is 12.2. The van der Waals surface area contributed by atoms with Crippen LogP contribution in [0.4, 0.5) is 0 Å². The lowest BCUT2D eigenvalue weighted by molar-refractivity contribution is 0.194. The van der Waals surface area contributed by atoms with E-state index in [1.807, 2.05) is 40.4 Å². The number of rotatable bonds is 7. The van der Waals surface area contributed by atoms with Crippen molar-refractivity contribution in [3.8, 4) is 22.4 Å². The summed E-state index contributed by atoms with van der Waals surface area (Å²) in [6.45, 7) is 3.01. The van der Waals surface area contributed by atoms with E-state index >= 15 is 0 Å². The molecule has 4 aromatic rings. The van der Waals surface area contributed by atoms with E-state index in [-0.39, 0.29) is 11.8 Å². The Morgan fingerprint density at radius 2 is 2.09 bits per heavy atom. The van der Waals surface area contributed by atoms with Crippen molar-refractivity contribution in [3.05, 3.63) is 71.7 Å². The molecule has 5 rings (SSSR count).